The van der Waals surface area contributed by atoms with Gasteiger partial charge in [0.2, 0.25) is 0 Å². The van der Waals surface area contributed by atoms with Crippen LogP contribution in [0.25, 0.3) is 11.1 Å². The highest BCUT2D eigenvalue weighted by molar-refractivity contribution is 5.90. The highest BCUT2D eigenvalue weighted by atomic mass is 19.1. The van der Waals surface area contributed by atoms with Crippen LogP contribution in [-0.4, -0.2) is 13.4 Å². The van der Waals surface area contributed by atoms with Gasteiger partial charge in [0.15, 0.2) is 6.29 Å². The van der Waals surface area contributed by atoms with E-state index >= 15 is 0 Å². The van der Waals surface area contributed by atoms with Crippen LogP contribution in [-0.2, 0) is 0 Å². The first kappa shape index (κ1) is 11.3. The molecule has 2 aromatic rings. The Labute approximate surface area is 98.7 Å². The minimum Gasteiger partial charge on any atom is -0.496 e. The molecule has 0 radical (unpaired) electrons. The summed E-state index contributed by atoms with van der Waals surface area (Å²) in [6.45, 7) is 0. The lowest BCUT2D eigenvalue weighted by Gasteiger charge is -2.11. The normalized spacial score (nSPS) is 10.0. The number of halogens is 1. The first-order valence-electron chi connectivity index (χ1n) is 5.15. The van der Waals surface area contributed by atoms with Gasteiger partial charge in [-0.05, 0) is 17.7 Å². The second kappa shape index (κ2) is 4.78. The summed E-state index contributed by atoms with van der Waals surface area (Å²) in [4.78, 5) is 11.0. The van der Waals surface area contributed by atoms with Crippen LogP contribution in [0.3, 0.4) is 0 Å². The molecule has 2 aromatic carbocycles. The van der Waals surface area contributed by atoms with Crippen molar-refractivity contribution in [1.29, 1.82) is 0 Å². The van der Waals surface area contributed by atoms with Crippen molar-refractivity contribution < 1.29 is 13.9 Å². The molecule has 86 valence electrons. The highest BCUT2D eigenvalue weighted by Crippen LogP contribution is 2.33. The molecule has 0 atom stereocenters. The Morgan fingerprint density at radius 1 is 1.12 bits per heavy atom. The van der Waals surface area contributed by atoms with E-state index in [1.165, 1.54) is 19.2 Å². The lowest BCUT2D eigenvalue weighted by atomic mass is 9.99. The summed E-state index contributed by atoms with van der Waals surface area (Å²) < 4.78 is 18.7. The van der Waals surface area contributed by atoms with E-state index in [-0.39, 0.29) is 5.56 Å². The van der Waals surface area contributed by atoms with Gasteiger partial charge in [0.1, 0.15) is 11.6 Å². The molecule has 0 aromatic heterocycles. The number of carbonyl (C=O) groups excluding carboxylic acids is 1. The van der Waals surface area contributed by atoms with Crippen LogP contribution in [0.15, 0.2) is 42.5 Å². The molecule has 2 rings (SSSR count). The van der Waals surface area contributed by atoms with E-state index in [0.717, 1.165) is 5.56 Å². The molecule has 3 heteroatoms. The minimum atomic E-state index is -0.542. The lowest BCUT2D eigenvalue weighted by molar-refractivity contribution is 0.112. The van der Waals surface area contributed by atoms with E-state index in [0.29, 0.717) is 17.6 Å². The Kier molecular flexibility index (Phi) is 3.19. The molecule has 17 heavy (non-hydrogen) atoms. The van der Waals surface area contributed by atoms with Crippen molar-refractivity contribution in [2.24, 2.45) is 0 Å². The summed E-state index contributed by atoms with van der Waals surface area (Å²) in [5.41, 5.74) is 1.27. The van der Waals surface area contributed by atoms with Crippen molar-refractivity contribution in [3.8, 4) is 16.9 Å². The van der Waals surface area contributed by atoms with Gasteiger partial charge < -0.3 is 4.74 Å². The third kappa shape index (κ3) is 2.04. The van der Waals surface area contributed by atoms with E-state index in [1.54, 1.807) is 0 Å². The Balaban J connectivity index is 2.73. The van der Waals surface area contributed by atoms with Crippen molar-refractivity contribution in [2.45, 2.75) is 0 Å². The average molecular weight is 230 g/mol. The topological polar surface area (TPSA) is 26.3 Å². The number of aldehydes is 1. The summed E-state index contributed by atoms with van der Waals surface area (Å²) in [6.07, 6.45) is 0.514. The van der Waals surface area contributed by atoms with Crippen molar-refractivity contribution in [2.75, 3.05) is 7.11 Å². The molecule has 0 unspecified atom stereocenters. The number of rotatable bonds is 3. The summed E-state index contributed by atoms with van der Waals surface area (Å²) in [5, 5.41) is 0. The predicted molar refractivity (Wildman–Crippen MR) is 63.8 cm³/mol. The highest BCUT2D eigenvalue weighted by Gasteiger charge is 2.15. The fourth-order valence-corrected chi connectivity index (χ4v) is 1.76. The Bertz CT molecular complexity index is 535. The predicted octanol–water partition coefficient (Wildman–Crippen LogP) is 3.31. The standard InChI is InChI=1S/C14H11FO2/c1-17-13-8-7-12(15)11(9-16)14(13)10-5-3-2-4-6-10/h2-9H,1H3. The lowest BCUT2D eigenvalue weighted by Crippen LogP contribution is -1.97. The number of methoxy groups -OCH3 is 1. The molecule has 0 aliphatic rings. The van der Waals surface area contributed by atoms with Gasteiger partial charge in [-0.15, -0.1) is 0 Å². The van der Waals surface area contributed by atoms with Crippen molar-refractivity contribution >= 4 is 6.29 Å². The largest absolute Gasteiger partial charge is 0.496 e. The maximum absolute atomic E-state index is 13.6. The quantitative estimate of drug-likeness (QED) is 0.756. The van der Waals surface area contributed by atoms with Gasteiger partial charge in [0.25, 0.3) is 0 Å². The molecule has 0 saturated carbocycles. The Morgan fingerprint density at radius 2 is 1.82 bits per heavy atom. The third-order valence-corrected chi connectivity index (χ3v) is 2.55. The van der Waals surface area contributed by atoms with Gasteiger partial charge in [-0.3, -0.25) is 4.79 Å². The van der Waals surface area contributed by atoms with E-state index in [9.17, 15) is 9.18 Å². The zero-order chi connectivity index (χ0) is 12.3. The van der Waals surface area contributed by atoms with Gasteiger partial charge in [-0.25, -0.2) is 4.39 Å². The smallest absolute Gasteiger partial charge is 0.153 e. The first-order chi connectivity index (χ1) is 8.27. The average Bonchev–Trinajstić information content (AvgIpc) is 2.39. The second-order valence-electron chi connectivity index (χ2n) is 3.52. The fourth-order valence-electron chi connectivity index (χ4n) is 1.76. The molecule has 0 bridgehead atoms. The van der Waals surface area contributed by atoms with E-state index < -0.39 is 5.82 Å². The van der Waals surface area contributed by atoms with Gasteiger partial charge in [-0.2, -0.15) is 0 Å². The van der Waals surface area contributed by atoms with Crippen LogP contribution in [0.5, 0.6) is 5.75 Å². The van der Waals surface area contributed by atoms with E-state index in [2.05, 4.69) is 0 Å². The zero-order valence-electron chi connectivity index (χ0n) is 9.31. The SMILES string of the molecule is COc1ccc(F)c(C=O)c1-c1ccccc1. The van der Waals surface area contributed by atoms with Gasteiger partial charge in [-0.1, -0.05) is 30.3 Å². The number of hydrogen-bond donors (Lipinski definition) is 0. The Morgan fingerprint density at radius 3 is 2.41 bits per heavy atom. The van der Waals surface area contributed by atoms with Crippen molar-refractivity contribution in [1.82, 2.24) is 0 Å². The molecular weight excluding hydrogens is 219 g/mol. The summed E-state index contributed by atoms with van der Waals surface area (Å²) in [6, 6.07) is 11.9. The molecule has 0 spiro atoms. The minimum absolute atomic E-state index is 0.0237. The zero-order valence-corrected chi connectivity index (χ0v) is 9.31. The second-order valence-corrected chi connectivity index (χ2v) is 3.52. The maximum Gasteiger partial charge on any atom is 0.153 e. The van der Waals surface area contributed by atoms with Crippen LogP contribution < -0.4 is 4.74 Å². The molecule has 0 fully saturated rings. The van der Waals surface area contributed by atoms with Crippen LogP contribution in [0, 0.1) is 5.82 Å². The van der Waals surface area contributed by atoms with Crippen molar-refractivity contribution in [3.05, 3.63) is 53.8 Å². The van der Waals surface area contributed by atoms with Gasteiger partial charge in [0, 0.05) is 5.56 Å². The molecular formula is C14H11FO2. The monoisotopic (exact) mass is 230 g/mol. The number of benzene rings is 2. The first-order valence-corrected chi connectivity index (χ1v) is 5.15. The third-order valence-electron chi connectivity index (χ3n) is 2.55. The number of ether oxygens (including phenoxy) is 1. The summed E-state index contributed by atoms with van der Waals surface area (Å²) in [5.74, 6) is -0.0562. The number of hydrogen-bond acceptors (Lipinski definition) is 2. The maximum atomic E-state index is 13.6. The number of carbonyl (C=O) groups is 1. The Hall–Kier alpha value is -2.16. The molecule has 0 saturated heterocycles. The van der Waals surface area contributed by atoms with Crippen molar-refractivity contribution in [3.63, 3.8) is 0 Å². The summed E-state index contributed by atoms with van der Waals surface area (Å²) >= 11 is 0. The van der Waals surface area contributed by atoms with Crippen LogP contribution >= 0.6 is 0 Å². The van der Waals surface area contributed by atoms with E-state index in [4.69, 9.17) is 4.74 Å². The van der Waals surface area contributed by atoms with Crippen LogP contribution in [0.1, 0.15) is 10.4 Å². The van der Waals surface area contributed by atoms with Gasteiger partial charge >= 0.3 is 0 Å². The van der Waals surface area contributed by atoms with E-state index in [1.807, 2.05) is 30.3 Å². The molecule has 2 nitrogen and oxygen atoms in total. The van der Waals surface area contributed by atoms with Gasteiger partial charge in [0.05, 0.1) is 12.7 Å². The molecule has 0 amide bonds. The molecule has 0 N–H and O–H groups in total. The molecule has 0 aliphatic carbocycles. The molecule has 0 heterocycles. The van der Waals surface area contributed by atoms with Crippen LogP contribution in [0.2, 0.25) is 0 Å². The summed E-state index contributed by atoms with van der Waals surface area (Å²) in [7, 11) is 1.49. The molecule has 0 aliphatic heterocycles. The fraction of sp³-hybridized carbons (Fsp3) is 0.0714. The van der Waals surface area contributed by atoms with Crippen LogP contribution in [0.4, 0.5) is 4.39 Å².